The van der Waals surface area contributed by atoms with Gasteiger partial charge in [-0.3, -0.25) is 24.1 Å². The van der Waals surface area contributed by atoms with Crippen molar-refractivity contribution in [1.82, 2.24) is 14.7 Å². The van der Waals surface area contributed by atoms with E-state index in [4.69, 9.17) is 0 Å². The SMILES string of the molecule is CC(C)(C)C(=O)N1CCN(C(=O)CN2C(=O)c3ccccc3N3C(=O)CCC23C)CC1. The number of para-hydroxylation sites is 1. The van der Waals surface area contributed by atoms with Crippen molar-refractivity contribution in [2.45, 2.75) is 46.2 Å². The molecule has 3 aliphatic rings. The zero-order valence-electron chi connectivity index (χ0n) is 18.7. The van der Waals surface area contributed by atoms with Crippen LogP contribution in [0.3, 0.4) is 0 Å². The third-order valence-electron chi connectivity index (χ3n) is 6.60. The second kappa shape index (κ2) is 7.35. The van der Waals surface area contributed by atoms with Crippen LogP contribution in [-0.4, -0.2) is 76.7 Å². The fourth-order valence-corrected chi connectivity index (χ4v) is 4.81. The number of anilines is 1. The topological polar surface area (TPSA) is 81.2 Å². The van der Waals surface area contributed by atoms with Crippen molar-refractivity contribution in [1.29, 1.82) is 0 Å². The highest BCUT2D eigenvalue weighted by Crippen LogP contribution is 2.43. The van der Waals surface area contributed by atoms with Gasteiger partial charge in [0, 0.05) is 38.0 Å². The molecule has 1 atom stereocenters. The lowest BCUT2D eigenvalue weighted by Gasteiger charge is -2.49. The lowest BCUT2D eigenvalue weighted by Crippen LogP contribution is -2.64. The molecule has 0 bridgehead atoms. The Morgan fingerprint density at radius 2 is 1.61 bits per heavy atom. The van der Waals surface area contributed by atoms with Crippen LogP contribution in [0.5, 0.6) is 0 Å². The van der Waals surface area contributed by atoms with E-state index in [1.807, 2.05) is 33.8 Å². The highest BCUT2D eigenvalue weighted by molar-refractivity contribution is 6.11. The summed E-state index contributed by atoms with van der Waals surface area (Å²) in [5.74, 6) is -0.334. The predicted octanol–water partition coefficient (Wildman–Crippen LogP) is 1.70. The maximum Gasteiger partial charge on any atom is 0.258 e. The molecule has 4 amide bonds. The van der Waals surface area contributed by atoms with Crippen LogP contribution in [0.4, 0.5) is 5.69 Å². The van der Waals surface area contributed by atoms with Crippen molar-refractivity contribution in [3.8, 4) is 0 Å². The van der Waals surface area contributed by atoms with Crippen LogP contribution < -0.4 is 4.90 Å². The highest BCUT2D eigenvalue weighted by Gasteiger charge is 2.53. The minimum atomic E-state index is -0.845. The molecule has 31 heavy (non-hydrogen) atoms. The minimum absolute atomic E-state index is 0.0331. The number of hydrogen-bond acceptors (Lipinski definition) is 4. The van der Waals surface area contributed by atoms with E-state index in [-0.39, 0.29) is 30.2 Å². The summed E-state index contributed by atoms with van der Waals surface area (Å²) < 4.78 is 0. The fourth-order valence-electron chi connectivity index (χ4n) is 4.81. The maximum atomic E-state index is 13.3. The molecule has 0 spiro atoms. The molecule has 166 valence electrons. The number of carbonyl (C=O) groups is 4. The Balaban J connectivity index is 1.51. The lowest BCUT2D eigenvalue weighted by atomic mass is 9.94. The molecule has 3 aliphatic heterocycles. The largest absolute Gasteiger partial charge is 0.339 e. The van der Waals surface area contributed by atoms with Gasteiger partial charge in [-0.25, -0.2) is 0 Å². The van der Waals surface area contributed by atoms with Crippen LogP contribution in [0.15, 0.2) is 24.3 Å². The number of amides is 4. The van der Waals surface area contributed by atoms with Crippen molar-refractivity contribution in [3.05, 3.63) is 29.8 Å². The van der Waals surface area contributed by atoms with E-state index >= 15 is 0 Å². The van der Waals surface area contributed by atoms with Gasteiger partial charge < -0.3 is 14.7 Å². The van der Waals surface area contributed by atoms with Gasteiger partial charge in [0.2, 0.25) is 17.7 Å². The summed E-state index contributed by atoms with van der Waals surface area (Å²) in [6.45, 7) is 9.31. The first-order valence-corrected chi connectivity index (χ1v) is 10.9. The monoisotopic (exact) mass is 426 g/mol. The van der Waals surface area contributed by atoms with Crippen LogP contribution in [0.1, 0.15) is 50.9 Å². The Hall–Kier alpha value is -2.90. The van der Waals surface area contributed by atoms with E-state index in [0.29, 0.717) is 50.3 Å². The molecule has 8 heteroatoms. The van der Waals surface area contributed by atoms with Crippen molar-refractivity contribution in [3.63, 3.8) is 0 Å². The summed E-state index contributed by atoms with van der Waals surface area (Å²) in [5.41, 5.74) is -0.228. The number of carbonyl (C=O) groups excluding carboxylic acids is 4. The third-order valence-corrected chi connectivity index (χ3v) is 6.60. The van der Waals surface area contributed by atoms with Gasteiger partial charge in [-0.1, -0.05) is 32.9 Å². The number of nitrogens with zero attached hydrogens (tertiary/aromatic N) is 4. The van der Waals surface area contributed by atoms with Gasteiger partial charge in [-0.15, -0.1) is 0 Å². The fraction of sp³-hybridized carbons (Fsp3) is 0.565. The number of rotatable bonds is 2. The summed E-state index contributed by atoms with van der Waals surface area (Å²) in [7, 11) is 0. The number of fused-ring (bicyclic) bond motifs is 3. The van der Waals surface area contributed by atoms with Gasteiger partial charge in [-0.05, 0) is 25.5 Å². The normalized spacial score (nSPS) is 23.7. The molecule has 1 aromatic rings. The van der Waals surface area contributed by atoms with Gasteiger partial charge in [0.1, 0.15) is 12.2 Å². The Morgan fingerprint density at radius 1 is 1.00 bits per heavy atom. The zero-order chi connectivity index (χ0) is 22.6. The molecule has 8 nitrogen and oxygen atoms in total. The zero-order valence-corrected chi connectivity index (χ0v) is 18.7. The first kappa shape index (κ1) is 21.3. The second-order valence-electron chi connectivity index (χ2n) is 9.78. The first-order valence-electron chi connectivity index (χ1n) is 10.9. The summed E-state index contributed by atoms with van der Waals surface area (Å²) in [4.78, 5) is 58.3. The quantitative estimate of drug-likeness (QED) is 0.721. The molecule has 0 aliphatic carbocycles. The average Bonchev–Trinajstić information content (AvgIpc) is 3.05. The molecule has 0 radical (unpaired) electrons. The first-order chi connectivity index (χ1) is 14.5. The van der Waals surface area contributed by atoms with Gasteiger partial charge in [-0.2, -0.15) is 0 Å². The Labute approximate surface area is 182 Å². The van der Waals surface area contributed by atoms with Gasteiger partial charge in [0.25, 0.3) is 5.91 Å². The molecular weight excluding hydrogens is 396 g/mol. The van der Waals surface area contributed by atoms with Crippen molar-refractivity contribution in [2.75, 3.05) is 37.6 Å². The van der Waals surface area contributed by atoms with Crippen LogP contribution in [-0.2, 0) is 14.4 Å². The third kappa shape index (κ3) is 3.47. The Morgan fingerprint density at radius 3 is 2.26 bits per heavy atom. The van der Waals surface area contributed by atoms with Crippen molar-refractivity contribution < 1.29 is 19.2 Å². The highest BCUT2D eigenvalue weighted by atomic mass is 16.2. The van der Waals surface area contributed by atoms with Crippen LogP contribution in [0, 0.1) is 5.41 Å². The Kier molecular flexibility index (Phi) is 5.06. The van der Waals surface area contributed by atoms with E-state index in [0.717, 1.165) is 0 Å². The summed E-state index contributed by atoms with van der Waals surface area (Å²) >= 11 is 0. The van der Waals surface area contributed by atoms with Crippen molar-refractivity contribution >= 4 is 29.3 Å². The lowest BCUT2D eigenvalue weighted by molar-refractivity contribution is -0.145. The molecule has 1 aromatic carbocycles. The number of piperazine rings is 1. The standard InChI is InChI=1S/C23H30N4O4/c1-22(2,3)21(31)25-13-11-24(12-14-25)19(29)15-26-20(30)16-7-5-6-8-17(16)27-18(28)9-10-23(26,27)4/h5-8H,9-15H2,1-4H3. The second-order valence-corrected chi connectivity index (χ2v) is 9.78. The van der Waals surface area contributed by atoms with E-state index in [2.05, 4.69) is 0 Å². The van der Waals surface area contributed by atoms with Crippen molar-refractivity contribution in [2.24, 2.45) is 5.41 Å². The average molecular weight is 427 g/mol. The summed E-state index contributed by atoms with van der Waals surface area (Å²) in [6.07, 6.45) is 0.837. The number of benzene rings is 1. The van der Waals surface area contributed by atoms with E-state index < -0.39 is 11.1 Å². The molecule has 0 aromatic heterocycles. The summed E-state index contributed by atoms with van der Waals surface area (Å²) in [6, 6.07) is 7.08. The van der Waals surface area contributed by atoms with E-state index in [9.17, 15) is 19.2 Å². The molecular formula is C23H30N4O4. The number of hydrogen-bond donors (Lipinski definition) is 0. The summed E-state index contributed by atoms with van der Waals surface area (Å²) in [5, 5.41) is 0. The van der Waals surface area contributed by atoms with Gasteiger partial charge >= 0.3 is 0 Å². The van der Waals surface area contributed by atoms with Crippen LogP contribution in [0.25, 0.3) is 0 Å². The molecule has 3 heterocycles. The van der Waals surface area contributed by atoms with Crippen LogP contribution >= 0.6 is 0 Å². The molecule has 0 saturated carbocycles. The molecule has 2 fully saturated rings. The van der Waals surface area contributed by atoms with Gasteiger partial charge in [0.05, 0.1) is 11.3 Å². The minimum Gasteiger partial charge on any atom is -0.339 e. The smallest absolute Gasteiger partial charge is 0.258 e. The molecule has 1 unspecified atom stereocenters. The predicted molar refractivity (Wildman–Crippen MR) is 115 cm³/mol. The van der Waals surface area contributed by atoms with E-state index in [1.165, 1.54) is 0 Å². The van der Waals surface area contributed by atoms with Crippen LogP contribution in [0.2, 0.25) is 0 Å². The van der Waals surface area contributed by atoms with Gasteiger partial charge in [0.15, 0.2) is 0 Å². The maximum absolute atomic E-state index is 13.3. The van der Waals surface area contributed by atoms with E-state index in [1.54, 1.807) is 37.8 Å². The molecule has 2 saturated heterocycles. The molecule has 4 rings (SSSR count). The Bertz CT molecular complexity index is 945. The molecule has 0 N–H and O–H groups in total.